The third-order valence-corrected chi connectivity index (χ3v) is 6.61. The zero-order valence-corrected chi connectivity index (χ0v) is 17.6. The first-order chi connectivity index (χ1) is 13.1. The largest absolute Gasteiger partial charge is 0.375 e. The predicted molar refractivity (Wildman–Crippen MR) is 115 cm³/mol. The van der Waals surface area contributed by atoms with Gasteiger partial charge in [-0.05, 0) is 57.1 Å². The quantitative estimate of drug-likeness (QED) is 0.574. The first-order valence-electron chi connectivity index (χ1n) is 10.1. The van der Waals surface area contributed by atoms with E-state index in [1.807, 2.05) is 6.20 Å². The van der Waals surface area contributed by atoms with Gasteiger partial charge in [-0.15, -0.1) is 0 Å². The Morgan fingerprint density at radius 2 is 2.37 bits per heavy atom. The fourth-order valence-corrected chi connectivity index (χ4v) is 4.76. The second kappa shape index (κ2) is 9.64. The van der Waals surface area contributed by atoms with Crippen molar-refractivity contribution >= 4 is 23.5 Å². The number of anilines is 1. The van der Waals surface area contributed by atoms with Gasteiger partial charge in [-0.2, -0.15) is 11.8 Å². The summed E-state index contributed by atoms with van der Waals surface area (Å²) in [6.07, 6.45) is 4.73. The molecule has 0 aromatic carbocycles. The number of nitrogens with one attached hydrogen (secondary N) is 2. The van der Waals surface area contributed by atoms with E-state index in [9.17, 15) is 0 Å². The number of nitrogens with zero attached hydrogens (tertiary/aromatic N) is 3. The zero-order valence-electron chi connectivity index (χ0n) is 16.8. The molecule has 6 nitrogen and oxygen atoms in total. The van der Waals surface area contributed by atoms with E-state index in [0.29, 0.717) is 11.3 Å². The summed E-state index contributed by atoms with van der Waals surface area (Å²) in [5.74, 6) is 3.18. The molecule has 2 atom stereocenters. The Labute approximate surface area is 167 Å². The highest BCUT2D eigenvalue weighted by Gasteiger charge is 2.29. The van der Waals surface area contributed by atoms with Crippen molar-refractivity contribution in [3.63, 3.8) is 0 Å². The molecule has 1 aromatic heterocycles. The van der Waals surface area contributed by atoms with Crippen LogP contribution in [0.1, 0.15) is 39.2 Å². The van der Waals surface area contributed by atoms with Gasteiger partial charge in [0.05, 0.1) is 19.3 Å². The van der Waals surface area contributed by atoms with Gasteiger partial charge in [0.2, 0.25) is 0 Å². The van der Waals surface area contributed by atoms with Crippen LogP contribution in [-0.4, -0.2) is 60.3 Å². The van der Waals surface area contributed by atoms with E-state index in [1.54, 1.807) is 0 Å². The minimum atomic E-state index is 0.251. The molecule has 2 aliphatic rings. The molecule has 2 saturated heterocycles. The highest BCUT2D eigenvalue weighted by atomic mass is 32.2. The van der Waals surface area contributed by atoms with Gasteiger partial charge in [-0.25, -0.2) is 9.98 Å². The van der Waals surface area contributed by atoms with Crippen LogP contribution in [0.4, 0.5) is 5.82 Å². The Hall–Kier alpha value is -1.47. The smallest absolute Gasteiger partial charge is 0.191 e. The Morgan fingerprint density at radius 1 is 1.48 bits per heavy atom. The van der Waals surface area contributed by atoms with Crippen LogP contribution in [0.5, 0.6) is 0 Å². The van der Waals surface area contributed by atoms with Crippen LogP contribution in [0.25, 0.3) is 0 Å². The fraction of sp³-hybridized carbons (Fsp3) is 0.700. The van der Waals surface area contributed by atoms with Crippen LogP contribution in [0, 0.1) is 0 Å². The number of rotatable bonds is 6. The molecule has 3 heterocycles. The number of pyridine rings is 1. The summed E-state index contributed by atoms with van der Waals surface area (Å²) in [6, 6.07) is 4.20. The summed E-state index contributed by atoms with van der Waals surface area (Å²) in [5.41, 5.74) is 1.18. The Balaban J connectivity index is 1.60. The second-order valence-electron chi connectivity index (χ2n) is 7.60. The lowest BCUT2D eigenvalue weighted by atomic mass is 10.1. The summed E-state index contributed by atoms with van der Waals surface area (Å²) in [6.45, 7) is 11.6. The van der Waals surface area contributed by atoms with Crippen LogP contribution >= 0.6 is 11.8 Å². The molecule has 0 radical (unpaired) electrons. The van der Waals surface area contributed by atoms with Gasteiger partial charge in [-0.1, -0.05) is 0 Å². The third kappa shape index (κ3) is 6.01. The summed E-state index contributed by atoms with van der Waals surface area (Å²) in [5, 5.41) is 6.90. The molecule has 3 rings (SSSR count). The zero-order chi connectivity index (χ0) is 19.1. The van der Waals surface area contributed by atoms with Crippen molar-refractivity contribution in [2.75, 3.05) is 43.4 Å². The molecule has 0 spiro atoms. The molecule has 0 saturated carbocycles. The van der Waals surface area contributed by atoms with Crippen molar-refractivity contribution in [2.45, 2.75) is 51.0 Å². The minimum absolute atomic E-state index is 0.251. The number of aliphatic imine (C=N–C) groups is 1. The van der Waals surface area contributed by atoms with E-state index in [-0.39, 0.29) is 6.10 Å². The van der Waals surface area contributed by atoms with Crippen molar-refractivity contribution in [1.29, 1.82) is 0 Å². The molecule has 0 aliphatic carbocycles. The molecule has 2 fully saturated rings. The van der Waals surface area contributed by atoms with Gasteiger partial charge in [-0.3, -0.25) is 0 Å². The molecule has 150 valence electrons. The van der Waals surface area contributed by atoms with Gasteiger partial charge in [0.25, 0.3) is 0 Å². The molecule has 27 heavy (non-hydrogen) atoms. The molecule has 2 unspecified atom stereocenters. The monoisotopic (exact) mass is 391 g/mol. The van der Waals surface area contributed by atoms with E-state index in [4.69, 9.17) is 9.73 Å². The maximum absolute atomic E-state index is 5.63. The highest BCUT2D eigenvalue weighted by Crippen LogP contribution is 2.36. The average Bonchev–Trinajstić information content (AvgIpc) is 3.11. The Kier molecular flexibility index (Phi) is 7.24. The predicted octanol–water partition coefficient (Wildman–Crippen LogP) is 2.65. The number of hydrogen-bond donors (Lipinski definition) is 2. The normalized spacial score (nSPS) is 26.3. The van der Waals surface area contributed by atoms with E-state index < -0.39 is 0 Å². The SMILES string of the molecule is CCNC(=NCc1ccnc(N2CCOC(C)C2)c1)NCC1(C)CCCS1. The summed E-state index contributed by atoms with van der Waals surface area (Å²) < 4.78 is 5.96. The van der Waals surface area contributed by atoms with E-state index in [1.165, 1.54) is 24.2 Å². The van der Waals surface area contributed by atoms with Crippen LogP contribution in [0.3, 0.4) is 0 Å². The maximum atomic E-state index is 5.63. The first kappa shape index (κ1) is 20.3. The molecule has 7 heteroatoms. The minimum Gasteiger partial charge on any atom is -0.375 e. The molecular formula is C20H33N5OS. The van der Waals surface area contributed by atoms with E-state index >= 15 is 0 Å². The van der Waals surface area contributed by atoms with Gasteiger partial charge < -0.3 is 20.3 Å². The van der Waals surface area contributed by atoms with E-state index in [0.717, 1.165) is 44.6 Å². The third-order valence-electron chi connectivity index (χ3n) is 5.07. The molecule has 0 amide bonds. The molecule has 2 aliphatic heterocycles. The lowest BCUT2D eigenvalue weighted by molar-refractivity contribution is 0.0529. The van der Waals surface area contributed by atoms with Gasteiger partial charge in [0.15, 0.2) is 5.96 Å². The summed E-state index contributed by atoms with van der Waals surface area (Å²) in [7, 11) is 0. The molecule has 2 N–H and O–H groups in total. The number of aromatic nitrogens is 1. The van der Waals surface area contributed by atoms with Crippen molar-refractivity contribution in [1.82, 2.24) is 15.6 Å². The first-order valence-corrected chi connectivity index (χ1v) is 11.0. The van der Waals surface area contributed by atoms with Crippen molar-refractivity contribution in [3.05, 3.63) is 23.9 Å². The Morgan fingerprint density at radius 3 is 3.11 bits per heavy atom. The summed E-state index contributed by atoms with van der Waals surface area (Å²) >= 11 is 2.07. The number of guanidine groups is 1. The second-order valence-corrected chi connectivity index (χ2v) is 9.28. The lowest BCUT2D eigenvalue weighted by Gasteiger charge is -2.32. The number of morpholine rings is 1. The standard InChI is InChI=1S/C20H33N5OS/c1-4-21-19(24-15-20(3)7-5-11-27-20)23-13-17-6-8-22-18(12-17)25-9-10-26-16(2)14-25/h6,8,12,16H,4-5,7,9-11,13-15H2,1-3H3,(H2,21,23,24). The molecular weight excluding hydrogens is 358 g/mol. The van der Waals surface area contributed by atoms with Gasteiger partial charge in [0.1, 0.15) is 5.82 Å². The number of hydrogen-bond acceptors (Lipinski definition) is 5. The van der Waals surface area contributed by atoms with E-state index in [2.05, 4.69) is 65.2 Å². The van der Waals surface area contributed by atoms with Crippen molar-refractivity contribution in [3.8, 4) is 0 Å². The fourth-order valence-electron chi connectivity index (χ4n) is 3.52. The van der Waals surface area contributed by atoms with Crippen molar-refractivity contribution < 1.29 is 4.74 Å². The van der Waals surface area contributed by atoms with Gasteiger partial charge in [0, 0.05) is 37.1 Å². The number of thioether (sulfide) groups is 1. The topological polar surface area (TPSA) is 61.8 Å². The Bertz CT molecular complexity index is 633. The van der Waals surface area contributed by atoms with Crippen LogP contribution < -0.4 is 15.5 Å². The molecule has 1 aromatic rings. The lowest BCUT2D eigenvalue weighted by Crippen LogP contribution is -2.43. The number of ether oxygens (including phenoxy) is 1. The average molecular weight is 392 g/mol. The van der Waals surface area contributed by atoms with Crippen LogP contribution in [0.2, 0.25) is 0 Å². The van der Waals surface area contributed by atoms with Crippen LogP contribution in [-0.2, 0) is 11.3 Å². The highest BCUT2D eigenvalue weighted by molar-refractivity contribution is 8.00. The summed E-state index contributed by atoms with van der Waals surface area (Å²) in [4.78, 5) is 11.6. The van der Waals surface area contributed by atoms with Crippen molar-refractivity contribution in [2.24, 2.45) is 4.99 Å². The molecule has 0 bridgehead atoms. The van der Waals surface area contributed by atoms with Gasteiger partial charge >= 0.3 is 0 Å². The van der Waals surface area contributed by atoms with Crippen LogP contribution in [0.15, 0.2) is 23.3 Å². The maximum Gasteiger partial charge on any atom is 0.191 e.